The van der Waals surface area contributed by atoms with Gasteiger partial charge in [-0.1, -0.05) is 32.4 Å². The van der Waals surface area contributed by atoms with Gasteiger partial charge in [0.05, 0.1) is 6.42 Å². The molecule has 1 aliphatic heterocycles. The van der Waals surface area contributed by atoms with E-state index in [0.29, 0.717) is 18.4 Å². The first-order valence-corrected chi connectivity index (χ1v) is 7.15. The van der Waals surface area contributed by atoms with Crippen molar-refractivity contribution < 1.29 is 4.79 Å². The Balaban J connectivity index is 2.27. The van der Waals surface area contributed by atoms with Crippen molar-refractivity contribution in [2.75, 3.05) is 19.0 Å². The molecule has 0 aliphatic carbocycles. The Bertz CT molecular complexity index is 470. The molecule has 104 valence electrons. The van der Waals surface area contributed by atoms with E-state index in [-0.39, 0.29) is 5.91 Å². The number of rotatable bonds is 5. The molecule has 1 heterocycles. The lowest BCUT2D eigenvalue weighted by atomic mass is 9.90. The highest BCUT2D eigenvalue weighted by Crippen LogP contribution is 2.32. The third kappa shape index (κ3) is 2.66. The summed E-state index contributed by atoms with van der Waals surface area (Å²) < 4.78 is 0. The number of carbonyl (C=O) groups is 1. The van der Waals surface area contributed by atoms with Gasteiger partial charge in [0, 0.05) is 18.8 Å². The van der Waals surface area contributed by atoms with Gasteiger partial charge in [0.25, 0.3) is 0 Å². The Morgan fingerprint density at radius 1 is 1.42 bits per heavy atom. The first-order chi connectivity index (χ1) is 9.08. The number of hydrogen-bond acceptors (Lipinski definition) is 2. The van der Waals surface area contributed by atoms with Gasteiger partial charge in [-0.05, 0) is 36.6 Å². The standard InChI is InChI=1S/C16H24N2O/c1-5-6-11(2)16(17-3)12-7-8-14-13(9-12)10-15(19)18(14)4/h7-9,11,16-17H,5-6,10H2,1-4H3. The van der Waals surface area contributed by atoms with E-state index in [1.807, 2.05) is 14.1 Å². The number of nitrogens with zero attached hydrogens (tertiary/aromatic N) is 1. The van der Waals surface area contributed by atoms with E-state index in [1.54, 1.807) is 4.90 Å². The molecule has 1 aromatic rings. The number of anilines is 1. The zero-order valence-corrected chi connectivity index (χ0v) is 12.4. The van der Waals surface area contributed by atoms with E-state index >= 15 is 0 Å². The van der Waals surface area contributed by atoms with Crippen LogP contribution >= 0.6 is 0 Å². The average molecular weight is 260 g/mol. The molecule has 0 spiro atoms. The zero-order valence-electron chi connectivity index (χ0n) is 12.4. The summed E-state index contributed by atoms with van der Waals surface area (Å²) in [5.74, 6) is 0.789. The van der Waals surface area contributed by atoms with Gasteiger partial charge in [0.2, 0.25) is 5.91 Å². The van der Waals surface area contributed by atoms with Crippen LogP contribution in [0.15, 0.2) is 18.2 Å². The normalized spacial score (nSPS) is 17.5. The minimum Gasteiger partial charge on any atom is -0.315 e. The molecule has 1 amide bonds. The van der Waals surface area contributed by atoms with Crippen molar-refractivity contribution in [1.29, 1.82) is 0 Å². The summed E-state index contributed by atoms with van der Waals surface area (Å²) in [4.78, 5) is 13.5. The maximum atomic E-state index is 11.7. The van der Waals surface area contributed by atoms with Crippen LogP contribution in [0.25, 0.3) is 0 Å². The number of benzene rings is 1. The third-order valence-electron chi connectivity index (χ3n) is 4.16. The molecule has 1 aliphatic rings. The monoisotopic (exact) mass is 260 g/mol. The third-order valence-corrected chi connectivity index (χ3v) is 4.16. The van der Waals surface area contributed by atoms with E-state index in [0.717, 1.165) is 11.3 Å². The number of likely N-dealkylation sites (N-methyl/N-ethyl adjacent to an activating group) is 1. The Morgan fingerprint density at radius 3 is 2.79 bits per heavy atom. The minimum absolute atomic E-state index is 0.190. The molecule has 0 aromatic heterocycles. The van der Waals surface area contributed by atoms with Crippen LogP contribution in [0.2, 0.25) is 0 Å². The number of hydrogen-bond donors (Lipinski definition) is 1. The van der Waals surface area contributed by atoms with Crippen molar-refractivity contribution in [2.24, 2.45) is 5.92 Å². The summed E-state index contributed by atoms with van der Waals surface area (Å²) >= 11 is 0. The lowest BCUT2D eigenvalue weighted by Gasteiger charge is -2.24. The summed E-state index contributed by atoms with van der Waals surface area (Å²) in [6.07, 6.45) is 2.95. The number of carbonyl (C=O) groups excluding carboxylic acids is 1. The summed E-state index contributed by atoms with van der Waals surface area (Å²) in [5.41, 5.74) is 3.52. The van der Waals surface area contributed by atoms with E-state index in [4.69, 9.17) is 0 Å². The maximum Gasteiger partial charge on any atom is 0.231 e. The number of amides is 1. The molecule has 1 N–H and O–H groups in total. The fraction of sp³-hybridized carbons (Fsp3) is 0.562. The molecule has 3 nitrogen and oxygen atoms in total. The van der Waals surface area contributed by atoms with Crippen LogP contribution in [-0.2, 0) is 11.2 Å². The number of fused-ring (bicyclic) bond motifs is 1. The molecule has 2 atom stereocenters. The summed E-state index contributed by atoms with van der Waals surface area (Å²) in [6.45, 7) is 4.51. The maximum absolute atomic E-state index is 11.7. The fourth-order valence-electron chi connectivity index (χ4n) is 3.09. The van der Waals surface area contributed by atoms with Crippen molar-refractivity contribution in [3.05, 3.63) is 29.3 Å². The topological polar surface area (TPSA) is 32.3 Å². The second-order valence-corrected chi connectivity index (χ2v) is 5.55. The van der Waals surface area contributed by atoms with Gasteiger partial charge in [0.1, 0.15) is 0 Å². The van der Waals surface area contributed by atoms with Crippen molar-refractivity contribution in [2.45, 2.75) is 39.2 Å². The van der Waals surface area contributed by atoms with E-state index < -0.39 is 0 Å². The number of nitrogens with one attached hydrogen (secondary N) is 1. The van der Waals surface area contributed by atoms with Gasteiger partial charge in [-0.3, -0.25) is 4.79 Å². The van der Waals surface area contributed by atoms with Crippen molar-refractivity contribution in [3.8, 4) is 0 Å². The first kappa shape index (κ1) is 14.1. The van der Waals surface area contributed by atoms with Gasteiger partial charge in [-0.15, -0.1) is 0 Å². The molecule has 0 saturated carbocycles. The quantitative estimate of drug-likeness (QED) is 0.883. The van der Waals surface area contributed by atoms with Crippen LogP contribution in [0, 0.1) is 5.92 Å². The van der Waals surface area contributed by atoms with E-state index in [9.17, 15) is 4.79 Å². The SMILES string of the molecule is CCCC(C)C(NC)c1ccc2c(c1)CC(=O)N2C. The van der Waals surface area contributed by atoms with Crippen molar-refractivity contribution >= 4 is 11.6 Å². The van der Waals surface area contributed by atoms with Gasteiger partial charge in [-0.25, -0.2) is 0 Å². The molecule has 1 aromatic carbocycles. The first-order valence-electron chi connectivity index (χ1n) is 7.15. The van der Waals surface area contributed by atoms with Gasteiger partial charge in [0.15, 0.2) is 0 Å². The second-order valence-electron chi connectivity index (χ2n) is 5.55. The van der Waals surface area contributed by atoms with Crippen molar-refractivity contribution in [1.82, 2.24) is 5.32 Å². The van der Waals surface area contributed by atoms with Gasteiger partial charge < -0.3 is 10.2 Å². The predicted molar refractivity (Wildman–Crippen MR) is 79.4 cm³/mol. The Labute approximate surface area is 116 Å². The predicted octanol–water partition coefficient (Wildman–Crippen LogP) is 2.90. The van der Waals surface area contributed by atoms with Gasteiger partial charge >= 0.3 is 0 Å². The van der Waals surface area contributed by atoms with E-state index in [2.05, 4.69) is 37.4 Å². The zero-order chi connectivity index (χ0) is 14.0. The molecule has 2 unspecified atom stereocenters. The van der Waals surface area contributed by atoms with Crippen LogP contribution in [0.3, 0.4) is 0 Å². The Hall–Kier alpha value is -1.35. The van der Waals surface area contributed by atoms with Crippen molar-refractivity contribution in [3.63, 3.8) is 0 Å². The molecule has 0 bridgehead atoms. The highest BCUT2D eigenvalue weighted by atomic mass is 16.2. The van der Waals surface area contributed by atoms with Crippen LogP contribution in [0.5, 0.6) is 0 Å². The molecule has 3 heteroatoms. The highest BCUT2D eigenvalue weighted by Gasteiger charge is 2.25. The molecule has 0 saturated heterocycles. The summed E-state index contributed by atoms with van der Waals surface area (Å²) in [7, 11) is 3.87. The largest absolute Gasteiger partial charge is 0.315 e. The van der Waals surface area contributed by atoms with Gasteiger partial charge in [-0.2, -0.15) is 0 Å². The molecule has 2 rings (SSSR count). The molecule has 0 fully saturated rings. The highest BCUT2D eigenvalue weighted by molar-refractivity contribution is 6.00. The molecular formula is C16H24N2O. The summed E-state index contributed by atoms with van der Waals surface area (Å²) in [6, 6.07) is 6.80. The Kier molecular flexibility index (Phi) is 4.25. The lowest BCUT2D eigenvalue weighted by molar-refractivity contribution is -0.117. The average Bonchev–Trinajstić information content (AvgIpc) is 2.66. The van der Waals surface area contributed by atoms with Crippen LogP contribution in [0.4, 0.5) is 5.69 Å². The van der Waals surface area contributed by atoms with E-state index in [1.165, 1.54) is 18.4 Å². The minimum atomic E-state index is 0.190. The van der Waals surface area contributed by atoms with Crippen LogP contribution < -0.4 is 10.2 Å². The lowest BCUT2D eigenvalue weighted by Crippen LogP contribution is -2.23. The Morgan fingerprint density at radius 2 is 2.16 bits per heavy atom. The summed E-state index contributed by atoms with van der Waals surface area (Å²) in [5, 5.41) is 3.42. The fourth-order valence-corrected chi connectivity index (χ4v) is 3.09. The molecule has 19 heavy (non-hydrogen) atoms. The second kappa shape index (κ2) is 5.74. The molecule has 0 radical (unpaired) electrons. The molecular weight excluding hydrogens is 236 g/mol. The van der Waals surface area contributed by atoms with Crippen LogP contribution in [0.1, 0.15) is 43.9 Å². The smallest absolute Gasteiger partial charge is 0.231 e. The van der Waals surface area contributed by atoms with Crippen LogP contribution in [-0.4, -0.2) is 20.0 Å².